The second-order valence-corrected chi connectivity index (χ2v) is 8.06. The van der Waals surface area contributed by atoms with Crippen molar-refractivity contribution in [2.75, 3.05) is 48.8 Å². The fourth-order valence-electron chi connectivity index (χ4n) is 4.09. The number of benzene rings is 1. The van der Waals surface area contributed by atoms with Gasteiger partial charge in [-0.05, 0) is 24.3 Å². The summed E-state index contributed by atoms with van der Waals surface area (Å²) in [6.07, 6.45) is 1.64. The van der Waals surface area contributed by atoms with Crippen molar-refractivity contribution in [2.24, 2.45) is 0 Å². The number of pyridine rings is 1. The van der Waals surface area contributed by atoms with Gasteiger partial charge in [0.25, 0.3) is 22.5 Å². The first-order valence-electron chi connectivity index (χ1n) is 11.0. The number of piperazine rings is 1. The molecule has 0 spiro atoms. The Kier molecular flexibility index (Phi) is 6.72. The molecular formula is C25H24FN5O4. The minimum atomic E-state index is -0.896. The minimum Gasteiger partial charge on any atom is -0.388 e. The Labute approximate surface area is 200 Å². The van der Waals surface area contributed by atoms with Crippen LogP contribution in [0.5, 0.6) is 0 Å². The Morgan fingerprint density at radius 1 is 1.06 bits per heavy atom. The number of aromatic nitrogens is 1. The molecule has 1 saturated heterocycles. The Morgan fingerprint density at radius 2 is 1.80 bits per heavy atom. The molecule has 0 aliphatic carbocycles. The molecule has 9 nitrogen and oxygen atoms in total. The van der Waals surface area contributed by atoms with Crippen LogP contribution in [0.15, 0.2) is 58.8 Å². The lowest BCUT2D eigenvalue weighted by molar-refractivity contribution is -0.142. The van der Waals surface area contributed by atoms with Crippen LogP contribution in [-0.4, -0.2) is 54.8 Å². The van der Waals surface area contributed by atoms with Crippen molar-refractivity contribution in [1.82, 2.24) is 9.88 Å². The average Bonchev–Trinajstić information content (AvgIpc) is 2.89. The Bertz CT molecular complexity index is 1360. The normalized spacial score (nSPS) is 13.5. The van der Waals surface area contributed by atoms with Crippen LogP contribution in [0, 0.1) is 5.82 Å². The fraction of sp³-hybridized carbons (Fsp3) is 0.240. The van der Waals surface area contributed by atoms with Gasteiger partial charge in [-0.25, -0.2) is 4.39 Å². The fourth-order valence-corrected chi connectivity index (χ4v) is 4.09. The topological polar surface area (TPSA) is 112 Å². The molecule has 35 heavy (non-hydrogen) atoms. The summed E-state index contributed by atoms with van der Waals surface area (Å²) < 4.78 is 14.4. The van der Waals surface area contributed by atoms with E-state index in [4.69, 9.17) is 0 Å². The largest absolute Gasteiger partial charge is 0.388 e. The predicted octanol–water partition coefficient (Wildman–Crippen LogP) is 1.40. The van der Waals surface area contributed by atoms with E-state index in [-0.39, 0.29) is 48.7 Å². The smallest absolute Gasteiger partial charge is 0.295 e. The molecule has 1 aromatic heterocycles. The molecule has 4 rings (SSSR count). The summed E-state index contributed by atoms with van der Waals surface area (Å²) in [7, 11) is 1.58. The SMILES string of the molecule is C=C(C(=O)C(=O)N1CCN(c2c(NCc3ccccn3)c(=O)c2=O)CC1)c1c(F)cccc1NC. The molecule has 2 aromatic carbocycles. The van der Waals surface area contributed by atoms with Crippen LogP contribution >= 0.6 is 0 Å². The third-order valence-corrected chi connectivity index (χ3v) is 5.99. The van der Waals surface area contributed by atoms with E-state index in [0.29, 0.717) is 12.2 Å². The van der Waals surface area contributed by atoms with Crippen molar-refractivity contribution in [3.05, 3.63) is 86.7 Å². The highest BCUT2D eigenvalue weighted by atomic mass is 19.1. The van der Waals surface area contributed by atoms with Crippen LogP contribution in [-0.2, 0) is 16.1 Å². The van der Waals surface area contributed by atoms with Crippen LogP contribution in [0.4, 0.5) is 21.5 Å². The van der Waals surface area contributed by atoms with Gasteiger partial charge in [0.1, 0.15) is 17.2 Å². The van der Waals surface area contributed by atoms with Gasteiger partial charge >= 0.3 is 0 Å². The van der Waals surface area contributed by atoms with Crippen LogP contribution in [0.25, 0.3) is 5.57 Å². The van der Waals surface area contributed by atoms with Gasteiger partial charge in [-0.3, -0.25) is 24.2 Å². The third kappa shape index (κ3) is 4.54. The summed E-state index contributed by atoms with van der Waals surface area (Å²) >= 11 is 0. The number of Topliss-reactive ketones (excluding diaryl/α,β-unsaturated/α-hetero) is 1. The predicted molar refractivity (Wildman–Crippen MR) is 132 cm³/mol. The van der Waals surface area contributed by atoms with E-state index in [2.05, 4.69) is 22.2 Å². The molecule has 1 aliphatic heterocycles. The van der Waals surface area contributed by atoms with Crippen LogP contribution < -0.4 is 26.4 Å². The molecule has 2 heterocycles. The maximum Gasteiger partial charge on any atom is 0.295 e. The van der Waals surface area contributed by atoms with Crippen LogP contribution in [0.1, 0.15) is 11.3 Å². The molecule has 2 N–H and O–H groups in total. The van der Waals surface area contributed by atoms with E-state index < -0.39 is 28.4 Å². The van der Waals surface area contributed by atoms with E-state index in [1.54, 1.807) is 36.3 Å². The van der Waals surface area contributed by atoms with Gasteiger partial charge in [-0.1, -0.05) is 18.7 Å². The first-order valence-corrected chi connectivity index (χ1v) is 11.0. The Morgan fingerprint density at radius 3 is 2.46 bits per heavy atom. The monoisotopic (exact) mass is 477 g/mol. The number of nitrogens with zero attached hydrogens (tertiary/aromatic N) is 3. The number of nitrogens with one attached hydrogen (secondary N) is 2. The number of hydrogen-bond acceptors (Lipinski definition) is 8. The lowest BCUT2D eigenvalue weighted by atomic mass is 9.99. The number of amides is 1. The molecule has 1 amide bonds. The highest BCUT2D eigenvalue weighted by molar-refractivity contribution is 6.53. The molecule has 10 heteroatoms. The average molecular weight is 477 g/mol. The van der Waals surface area contributed by atoms with Gasteiger partial charge in [0.2, 0.25) is 0 Å². The standard InChI is InChI=1S/C25H24FN5O4/c1-15(19-17(26)7-5-8-18(19)27-2)22(32)25(35)31-12-10-30(11-13-31)21-20(23(33)24(21)34)29-14-16-6-3-4-9-28-16/h3-9,27,29H,1,10-14H2,2H3. The Hall–Kier alpha value is -4.34. The quantitative estimate of drug-likeness (QED) is 0.370. The lowest BCUT2D eigenvalue weighted by Crippen LogP contribution is -2.54. The van der Waals surface area contributed by atoms with Crippen molar-refractivity contribution in [1.29, 1.82) is 0 Å². The van der Waals surface area contributed by atoms with Gasteiger partial charge < -0.3 is 20.4 Å². The van der Waals surface area contributed by atoms with Crippen LogP contribution in [0.2, 0.25) is 0 Å². The molecule has 3 aromatic rings. The van der Waals surface area contributed by atoms with E-state index >= 15 is 0 Å². The minimum absolute atomic E-state index is 0.0423. The zero-order chi connectivity index (χ0) is 25.1. The van der Waals surface area contributed by atoms with Gasteiger partial charge in [0, 0.05) is 56.2 Å². The number of anilines is 3. The van der Waals surface area contributed by atoms with Gasteiger partial charge in [0.05, 0.1) is 12.2 Å². The van der Waals surface area contributed by atoms with Gasteiger partial charge in [-0.2, -0.15) is 0 Å². The van der Waals surface area contributed by atoms with Crippen molar-refractivity contribution < 1.29 is 14.0 Å². The van der Waals surface area contributed by atoms with Gasteiger partial charge in [-0.15, -0.1) is 0 Å². The maximum atomic E-state index is 14.4. The number of carbonyl (C=O) groups excluding carboxylic acids is 2. The van der Waals surface area contributed by atoms with E-state index in [0.717, 1.165) is 5.69 Å². The van der Waals surface area contributed by atoms with Crippen molar-refractivity contribution in [3.63, 3.8) is 0 Å². The zero-order valence-electron chi connectivity index (χ0n) is 19.1. The Balaban J connectivity index is 1.41. The summed E-state index contributed by atoms with van der Waals surface area (Å²) in [5, 5.41) is 5.78. The molecule has 0 saturated carbocycles. The van der Waals surface area contributed by atoms with Crippen molar-refractivity contribution >= 4 is 34.3 Å². The second kappa shape index (κ2) is 9.88. The summed E-state index contributed by atoms with van der Waals surface area (Å²) in [6, 6.07) is 9.68. The first-order chi connectivity index (χ1) is 16.8. The first kappa shape index (κ1) is 23.8. The molecular weight excluding hydrogens is 453 g/mol. The molecule has 0 bridgehead atoms. The lowest BCUT2D eigenvalue weighted by Gasteiger charge is -2.36. The summed E-state index contributed by atoms with van der Waals surface area (Å²) in [5.74, 6) is -2.34. The number of hydrogen-bond donors (Lipinski definition) is 2. The van der Waals surface area contributed by atoms with Gasteiger partial charge in [0.15, 0.2) is 0 Å². The number of carbonyl (C=O) groups is 2. The molecule has 0 radical (unpaired) electrons. The van der Waals surface area contributed by atoms with E-state index in [9.17, 15) is 23.6 Å². The summed E-state index contributed by atoms with van der Waals surface area (Å²) in [5.41, 5.74) is 0.123. The van der Waals surface area contributed by atoms with E-state index in [1.165, 1.54) is 17.0 Å². The molecule has 180 valence electrons. The van der Waals surface area contributed by atoms with E-state index in [1.807, 2.05) is 6.07 Å². The zero-order valence-corrected chi connectivity index (χ0v) is 19.1. The number of ketones is 1. The maximum absolute atomic E-state index is 14.4. The highest BCUT2D eigenvalue weighted by Gasteiger charge is 2.33. The molecule has 0 unspecified atom stereocenters. The summed E-state index contributed by atoms with van der Waals surface area (Å²) in [6.45, 7) is 4.79. The van der Waals surface area contributed by atoms with Crippen molar-refractivity contribution in [3.8, 4) is 0 Å². The summed E-state index contributed by atoms with van der Waals surface area (Å²) in [4.78, 5) is 57.2. The van der Waals surface area contributed by atoms with Crippen molar-refractivity contribution in [2.45, 2.75) is 6.54 Å². The number of rotatable bonds is 8. The number of halogens is 1. The molecule has 0 atom stereocenters. The third-order valence-electron chi connectivity index (χ3n) is 5.99. The molecule has 1 aliphatic rings. The second-order valence-electron chi connectivity index (χ2n) is 8.06. The molecule has 1 fully saturated rings. The highest BCUT2D eigenvalue weighted by Crippen LogP contribution is 2.27. The van der Waals surface area contributed by atoms with Crippen LogP contribution in [0.3, 0.4) is 0 Å².